The molecule has 4 heteroatoms. The monoisotopic (exact) mass is 231 g/mol. The standard InChI is InChI=1S/C13H17N3O/c1-8(14-3)13-11-7-10(17-4)5-6-12(11)15-9(2)16-13/h5-8,14H,1-4H3. The molecule has 0 saturated heterocycles. The molecule has 0 bridgehead atoms. The van der Waals surface area contributed by atoms with Crippen molar-refractivity contribution in [2.75, 3.05) is 14.2 Å². The number of hydrogen-bond acceptors (Lipinski definition) is 4. The highest BCUT2D eigenvalue weighted by molar-refractivity contribution is 5.82. The van der Waals surface area contributed by atoms with Crippen LogP contribution in [0, 0.1) is 6.92 Å². The van der Waals surface area contributed by atoms with Gasteiger partial charge >= 0.3 is 0 Å². The third-order valence-electron chi connectivity index (χ3n) is 2.89. The normalized spacial score (nSPS) is 12.7. The lowest BCUT2D eigenvalue weighted by molar-refractivity contribution is 0.415. The Morgan fingerprint density at radius 2 is 2.06 bits per heavy atom. The SMILES string of the molecule is CNC(C)c1nc(C)nc2ccc(OC)cc12. The molecule has 90 valence electrons. The average Bonchev–Trinajstić information content (AvgIpc) is 2.36. The Hall–Kier alpha value is -1.68. The quantitative estimate of drug-likeness (QED) is 0.880. The van der Waals surface area contributed by atoms with Gasteiger partial charge in [0.25, 0.3) is 0 Å². The fourth-order valence-corrected chi connectivity index (χ4v) is 1.85. The Balaban J connectivity index is 2.70. The van der Waals surface area contributed by atoms with Crippen LogP contribution in [0.1, 0.15) is 24.5 Å². The van der Waals surface area contributed by atoms with E-state index in [1.165, 1.54) is 0 Å². The van der Waals surface area contributed by atoms with E-state index in [1.54, 1.807) is 7.11 Å². The van der Waals surface area contributed by atoms with Crippen molar-refractivity contribution in [1.82, 2.24) is 15.3 Å². The van der Waals surface area contributed by atoms with Crippen LogP contribution in [0.2, 0.25) is 0 Å². The van der Waals surface area contributed by atoms with Gasteiger partial charge in [0.2, 0.25) is 0 Å². The predicted molar refractivity (Wildman–Crippen MR) is 68.3 cm³/mol. The molecule has 0 spiro atoms. The van der Waals surface area contributed by atoms with Gasteiger partial charge in [-0.1, -0.05) is 0 Å². The summed E-state index contributed by atoms with van der Waals surface area (Å²) in [5, 5.41) is 4.25. The van der Waals surface area contributed by atoms with Gasteiger partial charge in [-0.3, -0.25) is 0 Å². The average molecular weight is 231 g/mol. The summed E-state index contributed by atoms with van der Waals surface area (Å²) >= 11 is 0. The van der Waals surface area contributed by atoms with E-state index in [0.717, 1.165) is 28.2 Å². The van der Waals surface area contributed by atoms with Crippen molar-refractivity contribution in [3.05, 3.63) is 29.7 Å². The Morgan fingerprint density at radius 3 is 2.71 bits per heavy atom. The molecule has 0 saturated carbocycles. The maximum Gasteiger partial charge on any atom is 0.126 e. The van der Waals surface area contributed by atoms with E-state index in [0.29, 0.717) is 0 Å². The highest BCUT2D eigenvalue weighted by Crippen LogP contribution is 2.25. The topological polar surface area (TPSA) is 47.0 Å². The minimum atomic E-state index is 0.186. The van der Waals surface area contributed by atoms with Crippen molar-refractivity contribution >= 4 is 10.9 Å². The van der Waals surface area contributed by atoms with E-state index in [4.69, 9.17) is 4.74 Å². The van der Waals surface area contributed by atoms with Crippen molar-refractivity contribution < 1.29 is 4.74 Å². The molecular weight excluding hydrogens is 214 g/mol. The van der Waals surface area contributed by atoms with Gasteiger partial charge in [0.1, 0.15) is 11.6 Å². The lowest BCUT2D eigenvalue weighted by Gasteiger charge is -2.13. The third-order valence-corrected chi connectivity index (χ3v) is 2.89. The van der Waals surface area contributed by atoms with E-state index < -0.39 is 0 Å². The van der Waals surface area contributed by atoms with Gasteiger partial charge in [0.05, 0.1) is 18.3 Å². The second-order valence-corrected chi connectivity index (χ2v) is 4.05. The summed E-state index contributed by atoms with van der Waals surface area (Å²) < 4.78 is 5.24. The molecule has 1 heterocycles. The number of benzene rings is 1. The number of nitrogens with one attached hydrogen (secondary N) is 1. The van der Waals surface area contributed by atoms with Crippen LogP contribution in [0.15, 0.2) is 18.2 Å². The van der Waals surface area contributed by atoms with Gasteiger partial charge in [-0.25, -0.2) is 9.97 Å². The molecule has 1 aromatic heterocycles. The second kappa shape index (κ2) is 4.67. The zero-order valence-electron chi connectivity index (χ0n) is 10.6. The van der Waals surface area contributed by atoms with Gasteiger partial charge in [-0.15, -0.1) is 0 Å². The third kappa shape index (κ3) is 2.22. The van der Waals surface area contributed by atoms with Crippen LogP contribution in [-0.4, -0.2) is 24.1 Å². The summed E-state index contributed by atoms with van der Waals surface area (Å²) in [6.45, 7) is 4.00. The molecule has 0 fully saturated rings. The Kier molecular flexibility index (Phi) is 3.24. The number of ether oxygens (including phenoxy) is 1. The maximum atomic E-state index is 5.24. The number of methoxy groups -OCH3 is 1. The highest BCUT2D eigenvalue weighted by atomic mass is 16.5. The largest absolute Gasteiger partial charge is 0.497 e. The number of nitrogens with zero attached hydrogens (tertiary/aromatic N) is 2. The molecule has 2 aromatic rings. The van der Waals surface area contributed by atoms with Crippen LogP contribution in [0.25, 0.3) is 10.9 Å². The molecule has 17 heavy (non-hydrogen) atoms. The summed E-state index contributed by atoms with van der Waals surface area (Å²) in [5.41, 5.74) is 1.96. The summed E-state index contributed by atoms with van der Waals surface area (Å²) in [7, 11) is 3.59. The van der Waals surface area contributed by atoms with E-state index >= 15 is 0 Å². The number of fused-ring (bicyclic) bond motifs is 1. The van der Waals surface area contributed by atoms with Crippen LogP contribution < -0.4 is 10.1 Å². The fourth-order valence-electron chi connectivity index (χ4n) is 1.85. The van der Waals surface area contributed by atoms with Gasteiger partial charge < -0.3 is 10.1 Å². The van der Waals surface area contributed by atoms with Gasteiger partial charge in [0.15, 0.2) is 0 Å². The Morgan fingerprint density at radius 1 is 1.29 bits per heavy atom. The number of aromatic nitrogens is 2. The molecule has 0 aliphatic carbocycles. The van der Waals surface area contributed by atoms with Crippen LogP contribution >= 0.6 is 0 Å². The first-order valence-corrected chi connectivity index (χ1v) is 5.65. The number of aryl methyl sites for hydroxylation is 1. The maximum absolute atomic E-state index is 5.24. The van der Waals surface area contributed by atoms with Crippen molar-refractivity contribution in [2.24, 2.45) is 0 Å². The molecule has 1 N–H and O–H groups in total. The summed E-state index contributed by atoms with van der Waals surface area (Å²) in [4.78, 5) is 8.95. The summed E-state index contributed by atoms with van der Waals surface area (Å²) in [6, 6.07) is 6.06. The van der Waals surface area contributed by atoms with Gasteiger partial charge in [-0.05, 0) is 39.1 Å². The summed E-state index contributed by atoms with van der Waals surface area (Å²) in [6.07, 6.45) is 0. The Labute approximate surface area is 101 Å². The van der Waals surface area contributed by atoms with E-state index in [2.05, 4.69) is 22.2 Å². The van der Waals surface area contributed by atoms with E-state index in [9.17, 15) is 0 Å². The zero-order chi connectivity index (χ0) is 12.4. The number of rotatable bonds is 3. The smallest absolute Gasteiger partial charge is 0.126 e. The van der Waals surface area contributed by atoms with Crippen molar-refractivity contribution in [1.29, 1.82) is 0 Å². The molecule has 2 rings (SSSR count). The highest BCUT2D eigenvalue weighted by Gasteiger charge is 2.12. The van der Waals surface area contributed by atoms with Crippen molar-refractivity contribution in [3.63, 3.8) is 0 Å². The molecule has 0 aliphatic rings. The molecule has 1 unspecified atom stereocenters. The van der Waals surface area contributed by atoms with Crippen LogP contribution in [0.3, 0.4) is 0 Å². The molecule has 0 amide bonds. The number of hydrogen-bond donors (Lipinski definition) is 1. The first-order chi connectivity index (χ1) is 8.15. The molecular formula is C13H17N3O. The Bertz CT molecular complexity index is 539. The molecule has 0 aliphatic heterocycles. The second-order valence-electron chi connectivity index (χ2n) is 4.05. The summed E-state index contributed by atoms with van der Waals surface area (Å²) in [5.74, 6) is 1.62. The lowest BCUT2D eigenvalue weighted by Crippen LogP contribution is -2.15. The van der Waals surface area contributed by atoms with Crippen LogP contribution in [-0.2, 0) is 0 Å². The lowest BCUT2D eigenvalue weighted by atomic mass is 10.1. The molecule has 0 radical (unpaired) electrons. The molecule has 1 atom stereocenters. The van der Waals surface area contributed by atoms with E-state index in [1.807, 2.05) is 32.2 Å². The minimum absolute atomic E-state index is 0.186. The zero-order valence-corrected chi connectivity index (χ0v) is 10.6. The predicted octanol–water partition coefficient (Wildman–Crippen LogP) is 2.23. The minimum Gasteiger partial charge on any atom is -0.497 e. The van der Waals surface area contributed by atoms with E-state index in [-0.39, 0.29) is 6.04 Å². The van der Waals surface area contributed by atoms with Gasteiger partial charge in [-0.2, -0.15) is 0 Å². The first kappa shape index (κ1) is 11.8. The van der Waals surface area contributed by atoms with Crippen LogP contribution in [0.4, 0.5) is 0 Å². The molecule has 4 nitrogen and oxygen atoms in total. The first-order valence-electron chi connectivity index (χ1n) is 5.65. The van der Waals surface area contributed by atoms with Gasteiger partial charge in [0, 0.05) is 11.4 Å². The fraction of sp³-hybridized carbons (Fsp3) is 0.385. The van der Waals surface area contributed by atoms with Crippen LogP contribution in [0.5, 0.6) is 5.75 Å². The van der Waals surface area contributed by atoms with Crippen molar-refractivity contribution in [3.8, 4) is 5.75 Å². The van der Waals surface area contributed by atoms with Crippen molar-refractivity contribution in [2.45, 2.75) is 19.9 Å². The molecule has 1 aromatic carbocycles.